The highest BCUT2D eigenvalue weighted by molar-refractivity contribution is 4.77. The third kappa shape index (κ3) is 1.48. The quantitative estimate of drug-likeness (QED) is 0.710. The topological polar surface area (TPSA) is 50.9 Å². The molecule has 12 heavy (non-hydrogen) atoms. The number of rotatable bonds is 3. The molecule has 0 aromatic carbocycles. The molecule has 0 bridgehead atoms. The largest absolute Gasteiger partial charge is 0.391 e. The van der Waals surface area contributed by atoms with Crippen LogP contribution in [-0.2, 0) is 6.54 Å². The summed E-state index contributed by atoms with van der Waals surface area (Å²) < 4.78 is 1.68. The molecule has 0 amide bonds. The first-order valence-electron chi connectivity index (χ1n) is 4.37. The summed E-state index contributed by atoms with van der Waals surface area (Å²) in [6, 6.07) is 0. The van der Waals surface area contributed by atoms with Crippen LogP contribution in [-0.4, -0.2) is 26.0 Å². The average molecular weight is 167 g/mol. The summed E-state index contributed by atoms with van der Waals surface area (Å²) in [5, 5.41) is 13.6. The second-order valence-electron chi connectivity index (χ2n) is 3.38. The van der Waals surface area contributed by atoms with Crippen LogP contribution >= 0.6 is 0 Å². The summed E-state index contributed by atoms with van der Waals surface area (Å²) >= 11 is 0. The molecule has 1 aliphatic carbocycles. The van der Waals surface area contributed by atoms with E-state index in [-0.39, 0.29) is 6.10 Å². The summed E-state index contributed by atoms with van der Waals surface area (Å²) in [7, 11) is 0. The lowest BCUT2D eigenvalue weighted by atomic mass is 9.81. The maximum absolute atomic E-state index is 9.65. The van der Waals surface area contributed by atoms with Crippen LogP contribution in [0.1, 0.15) is 19.3 Å². The fourth-order valence-electron chi connectivity index (χ4n) is 1.49. The van der Waals surface area contributed by atoms with Crippen molar-refractivity contribution in [1.82, 2.24) is 14.8 Å². The third-order valence-electron chi connectivity index (χ3n) is 2.53. The van der Waals surface area contributed by atoms with E-state index in [4.69, 9.17) is 0 Å². The Balaban J connectivity index is 1.86. The standard InChI is InChI=1S/C8H13N3O/c12-8(7-2-1-3-7)4-11-6-9-5-10-11/h5-8,12H,1-4H2. The second-order valence-corrected chi connectivity index (χ2v) is 3.38. The van der Waals surface area contributed by atoms with Crippen LogP contribution in [0.25, 0.3) is 0 Å². The number of aromatic nitrogens is 3. The Morgan fingerprint density at radius 3 is 2.92 bits per heavy atom. The zero-order chi connectivity index (χ0) is 8.39. The lowest BCUT2D eigenvalue weighted by molar-refractivity contribution is 0.0459. The van der Waals surface area contributed by atoms with Crippen LogP contribution < -0.4 is 0 Å². The normalized spacial score (nSPS) is 20.4. The van der Waals surface area contributed by atoms with E-state index in [0.29, 0.717) is 12.5 Å². The highest BCUT2D eigenvalue weighted by Gasteiger charge is 2.25. The number of nitrogens with zero attached hydrogens (tertiary/aromatic N) is 3. The van der Waals surface area contributed by atoms with Crippen molar-refractivity contribution >= 4 is 0 Å². The maximum atomic E-state index is 9.65. The zero-order valence-corrected chi connectivity index (χ0v) is 6.93. The fraction of sp³-hybridized carbons (Fsp3) is 0.750. The molecule has 1 aromatic rings. The summed E-state index contributed by atoms with van der Waals surface area (Å²) in [5.74, 6) is 0.495. The van der Waals surface area contributed by atoms with Crippen molar-refractivity contribution in [2.75, 3.05) is 0 Å². The molecule has 4 heteroatoms. The van der Waals surface area contributed by atoms with Crippen molar-refractivity contribution in [2.24, 2.45) is 5.92 Å². The molecule has 1 fully saturated rings. The van der Waals surface area contributed by atoms with E-state index in [1.165, 1.54) is 12.7 Å². The summed E-state index contributed by atoms with van der Waals surface area (Å²) in [6.07, 6.45) is 6.49. The minimum absolute atomic E-state index is 0.236. The lowest BCUT2D eigenvalue weighted by Gasteiger charge is -2.29. The lowest BCUT2D eigenvalue weighted by Crippen LogP contribution is -2.30. The molecule has 0 saturated heterocycles. The molecule has 2 rings (SSSR count). The average Bonchev–Trinajstić information content (AvgIpc) is 2.34. The molecular formula is C8H13N3O. The van der Waals surface area contributed by atoms with Crippen LogP contribution in [0.5, 0.6) is 0 Å². The highest BCUT2D eigenvalue weighted by Crippen LogP contribution is 2.29. The van der Waals surface area contributed by atoms with Crippen molar-refractivity contribution in [3.63, 3.8) is 0 Å². The molecule has 1 N–H and O–H groups in total. The summed E-state index contributed by atoms with van der Waals surface area (Å²) in [4.78, 5) is 3.82. The van der Waals surface area contributed by atoms with Gasteiger partial charge in [-0.1, -0.05) is 6.42 Å². The van der Waals surface area contributed by atoms with Gasteiger partial charge in [-0.3, -0.25) is 4.68 Å². The fourth-order valence-corrected chi connectivity index (χ4v) is 1.49. The van der Waals surface area contributed by atoms with Gasteiger partial charge < -0.3 is 5.11 Å². The Morgan fingerprint density at radius 2 is 2.42 bits per heavy atom. The molecule has 1 aromatic heterocycles. The third-order valence-corrected chi connectivity index (χ3v) is 2.53. The number of aliphatic hydroxyl groups excluding tert-OH is 1. The van der Waals surface area contributed by atoms with Gasteiger partial charge in [-0.05, 0) is 18.8 Å². The van der Waals surface area contributed by atoms with Gasteiger partial charge in [-0.25, -0.2) is 4.98 Å². The Bertz CT molecular complexity index is 230. The van der Waals surface area contributed by atoms with Crippen molar-refractivity contribution in [3.8, 4) is 0 Å². The van der Waals surface area contributed by atoms with Gasteiger partial charge in [0.2, 0.25) is 0 Å². The Labute approximate surface area is 71.2 Å². The first-order valence-corrected chi connectivity index (χ1v) is 4.37. The molecule has 66 valence electrons. The Morgan fingerprint density at radius 1 is 1.58 bits per heavy atom. The van der Waals surface area contributed by atoms with Crippen LogP contribution in [0, 0.1) is 5.92 Å². The van der Waals surface area contributed by atoms with E-state index in [0.717, 1.165) is 12.8 Å². The van der Waals surface area contributed by atoms with Crippen molar-refractivity contribution < 1.29 is 5.11 Å². The van der Waals surface area contributed by atoms with E-state index in [1.807, 2.05) is 0 Å². The van der Waals surface area contributed by atoms with Crippen molar-refractivity contribution in [1.29, 1.82) is 0 Å². The van der Waals surface area contributed by atoms with Gasteiger partial charge in [0.1, 0.15) is 12.7 Å². The Hall–Kier alpha value is -0.900. The van der Waals surface area contributed by atoms with Gasteiger partial charge in [-0.2, -0.15) is 5.10 Å². The molecule has 1 heterocycles. The van der Waals surface area contributed by atoms with E-state index >= 15 is 0 Å². The maximum Gasteiger partial charge on any atom is 0.137 e. The van der Waals surface area contributed by atoms with Crippen LogP contribution in [0.2, 0.25) is 0 Å². The molecule has 0 radical (unpaired) electrons. The summed E-state index contributed by atoms with van der Waals surface area (Å²) in [6.45, 7) is 0.588. The highest BCUT2D eigenvalue weighted by atomic mass is 16.3. The minimum atomic E-state index is -0.236. The molecule has 0 aliphatic heterocycles. The molecule has 1 atom stereocenters. The van der Waals surface area contributed by atoms with E-state index in [9.17, 15) is 5.11 Å². The molecule has 4 nitrogen and oxygen atoms in total. The van der Waals surface area contributed by atoms with Crippen LogP contribution in [0.4, 0.5) is 0 Å². The number of hydrogen-bond acceptors (Lipinski definition) is 3. The van der Waals surface area contributed by atoms with Crippen molar-refractivity contribution in [2.45, 2.75) is 31.9 Å². The molecule has 1 saturated carbocycles. The first-order chi connectivity index (χ1) is 5.86. The molecule has 1 aliphatic rings. The van der Waals surface area contributed by atoms with Gasteiger partial charge in [0.15, 0.2) is 0 Å². The van der Waals surface area contributed by atoms with Gasteiger partial charge in [0, 0.05) is 0 Å². The van der Waals surface area contributed by atoms with E-state index in [1.54, 1.807) is 11.0 Å². The predicted octanol–water partition coefficient (Wildman–Crippen LogP) is 0.439. The summed E-state index contributed by atoms with van der Waals surface area (Å²) in [5.41, 5.74) is 0. The van der Waals surface area contributed by atoms with Gasteiger partial charge in [0.25, 0.3) is 0 Å². The predicted molar refractivity (Wildman–Crippen MR) is 43.4 cm³/mol. The number of aliphatic hydroxyl groups is 1. The SMILES string of the molecule is OC(Cn1cncn1)C1CCC1. The van der Waals surface area contributed by atoms with Crippen molar-refractivity contribution in [3.05, 3.63) is 12.7 Å². The zero-order valence-electron chi connectivity index (χ0n) is 6.93. The van der Waals surface area contributed by atoms with Gasteiger partial charge in [0.05, 0.1) is 12.6 Å². The second kappa shape index (κ2) is 3.23. The van der Waals surface area contributed by atoms with Crippen LogP contribution in [0.3, 0.4) is 0 Å². The molecular weight excluding hydrogens is 154 g/mol. The van der Waals surface area contributed by atoms with Gasteiger partial charge >= 0.3 is 0 Å². The number of hydrogen-bond donors (Lipinski definition) is 1. The molecule has 1 unspecified atom stereocenters. The molecule has 0 spiro atoms. The van der Waals surface area contributed by atoms with E-state index in [2.05, 4.69) is 10.1 Å². The Kier molecular flexibility index (Phi) is 2.08. The van der Waals surface area contributed by atoms with E-state index < -0.39 is 0 Å². The smallest absolute Gasteiger partial charge is 0.137 e. The minimum Gasteiger partial charge on any atom is -0.391 e. The van der Waals surface area contributed by atoms with Gasteiger partial charge in [-0.15, -0.1) is 0 Å². The first kappa shape index (κ1) is 7.73. The monoisotopic (exact) mass is 167 g/mol. The van der Waals surface area contributed by atoms with Crippen LogP contribution in [0.15, 0.2) is 12.7 Å².